The number of nitrogens with two attached hydrogens (primary N) is 1. The van der Waals surface area contributed by atoms with E-state index in [1.165, 1.54) is 46.6 Å². The Bertz CT molecular complexity index is 372. The van der Waals surface area contributed by atoms with E-state index in [1.807, 2.05) is 11.3 Å². The lowest BCUT2D eigenvalue weighted by Crippen LogP contribution is -2.31. The van der Waals surface area contributed by atoms with Crippen LogP contribution in [0.4, 0.5) is 0 Å². The molecule has 4 heteroatoms. The molecule has 102 valence electrons. The maximum atomic E-state index is 6.01. The molecule has 18 heavy (non-hydrogen) atoms. The van der Waals surface area contributed by atoms with Crippen molar-refractivity contribution in [1.29, 1.82) is 0 Å². The number of aryl methyl sites for hydroxylation is 1. The van der Waals surface area contributed by atoms with Crippen LogP contribution in [0.1, 0.15) is 42.0 Å². The van der Waals surface area contributed by atoms with Crippen LogP contribution in [0.25, 0.3) is 0 Å². The first kappa shape index (κ1) is 14.5. The summed E-state index contributed by atoms with van der Waals surface area (Å²) in [5.74, 6) is 0.883. The minimum Gasteiger partial charge on any atom is -0.329 e. The number of thiophene rings is 1. The highest BCUT2D eigenvalue weighted by molar-refractivity contribution is 9.10. The number of hydrogen-bond acceptors (Lipinski definition) is 3. The highest BCUT2D eigenvalue weighted by Gasteiger charge is 2.28. The molecule has 0 aliphatic carbocycles. The molecule has 0 amide bonds. The average Bonchev–Trinajstić information content (AvgIpc) is 2.90. The Hall–Kier alpha value is 0.1000. The quantitative estimate of drug-likeness (QED) is 0.885. The summed E-state index contributed by atoms with van der Waals surface area (Å²) in [4.78, 5) is 5.35. The van der Waals surface area contributed by atoms with Gasteiger partial charge in [0.25, 0.3) is 0 Å². The molecule has 0 saturated carbocycles. The molecule has 0 bridgehead atoms. The Morgan fingerprint density at radius 2 is 2.39 bits per heavy atom. The van der Waals surface area contributed by atoms with Crippen LogP contribution in [0.15, 0.2) is 10.5 Å². The van der Waals surface area contributed by atoms with Crippen LogP contribution in [-0.2, 0) is 0 Å². The third-order valence-electron chi connectivity index (χ3n) is 3.88. The number of likely N-dealkylation sites (tertiary alicyclic amines) is 1. The zero-order chi connectivity index (χ0) is 13.1. The largest absolute Gasteiger partial charge is 0.329 e. The second kappa shape index (κ2) is 6.51. The highest BCUT2D eigenvalue weighted by Crippen LogP contribution is 2.35. The Kier molecular flexibility index (Phi) is 5.24. The predicted molar refractivity (Wildman–Crippen MR) is 83.1 cm³/mol. The summed E-state index contributed by atoms with van der Waals surface area (Å²) in [5.41, 5.74) is 6.01. The minimum atomic E-state index is 0.418. The van der Waals surface area contributed by atoms with E-state index in [0.29, 0.717) is 6.04 Å². The van der Waals surface area contributed by atoms with Crippen LogP contribution in [0, 0.1) is 12.8 Å². The van der Waals surface area contributed by atoms with Crippen molar-refractivity contribution < 1.29 is 0 Å². The summed E-state index contributed by atoms with van der Waals surface area (Å²) >= 11 is 5.49. The summed E-state index contributed by atoms with van der Waals surface area (Å²) in [6.07, 6.45) is 4.01. The van der Waals surface area contributed by atoms with Crippen LogP contribution in [0.5, 0.6) is 0 Å². The molecule has 2 rings (SSSR count). The van der Waals surface area contributed by atoms with E-state index >= 15 is 0 Å². The summed E-state index contributed by atoms with van der Waals surface area (Å²) in [5, 5.41) is 0. The molecule has 2 unspecified atom stereocenters. The lowest BCUT2D eigenvalue weighted by molar-refractivity contribution is 0.243. The predicted octanol–water partition coefficient (Wildman–Crippen LogP) is 3.94. The van der Waals surface area contributed by atoms with Gasteiger partial charge in [-0.1, -0.05) is 13.3 Å². The van der Waals surface area contributed by atoms with E-state index in [2.05, 4.69) is 40.7 Å². The molecule has 0 aromatic carbocycles. The van der Waals surface area contributed by atoms with E-state index < -0.39 is 0 Å². The molecule has 2 nitrogen and oxygen atoms in total. The van der Waals surface area contributed by atoms with E-state index in [-0.39, 0.29) is 0 Å². The van der Waals surface area contributed by atoms with Crippen molar-refractivity contribution in [2.75, 3.05) is 19.6 Å². The first-order valence-electron chi connectivity index (χ1n) is 6.85. The lowest BCUT2D eigenvalue weighted by atomic mass is 10.0. The van der Waals surface area contributed by atoms with Gasteiger partial charge >= 0.3 is 0 Å². The molecule has 1 aromatic rings. The molecule has 2 N–H and O–H groups in total. The average molecular weight is 331 g/mol. The molecular formula is C14H23BrN2S. The molecule has 2 atom stereocenters. The maximum absolute atomic E-state index is 6.01. The molecule has 1 aliphatic rings. The fourth-order valence-electron chi connectivity index (χ4n) is 2.88. The van der Waals surface area contributed by atoms with Gasteiger partial charge < -0.3 is 5.73 Å². The highest BCUT2D eigenvalue weighted by atomic mass is 79.9. The first-order chi connectivity index (χ1) is 8.65. The summed E-state index contributed by atoms with van der Waals surface area (Å²) in [6.45, 7) is 7.61. The number of nitrogens with zero attached hydrogens (tertiary/aromatic N) is 1. The van der Waals surface area contributed by atoms with Gasteiger partial charge in [-0.05, 0) is 54.2 Å². The van der Waals surface area contributed by atoms with Crippen molar-refractivity contribution in [2.45, 2.75) is 39.2 Å². The van der Waals surface area contributed by atoms with Crippen molar-refractivity contribution in [1.82, 2.24) is 4.90 Å². The minimum absolute atomic E-state index is 0.418. The molecule has 1 aromatic heterocycles. The Labute approximate surface area is 123 Å². The van der Waals surface area contributed by atoms with Crippen LogP contribution >= 0.6 is 27.3 Å². The fraction of sp³-hybridized carbons (Fsp3) is 0.714. The topological polar surface area (TPSA) is 29.3 Å². The third-order valence-corrected chi connectivity index (χ3v) is 6.12. The Morgan fingerprint density at radius 1 is 1.61 bits per heavy atom. The van der Waals surface area contributed by atoms with Crippen molar-refractivity contribution in [3.63, 3.8) is 0 Å². The molecular weight excluding hydrogens is 308 g/mol. The second-order valence-electron chi connectivity index (χ2n) is 5.24. The zero-order valence-corrected chi connectivity index (χ0v) is 13.7. The molecule has 1 aliphatic heterocycles. The standard InChI is InChI=1S/C14H23BrN2S/c1-3-4-11-5-6-17(9-11)13(8-16)14-7-12(15)10(2)18-14/h7,11,13H,3-6,8-9,16H2,1-2H3. The monoisotopic (exact) mass is 330 g/mol. The van der Waals surface area contributed by atoms with Crippen LogP contribution < -0.4 is 5.73 Å². The molecule has 2 heterocycles. The number of rotatable bonds is 5. The lowest BCUT2D eigenvalue weighted by Gasteiger charge is -2.25. The van der Waals surface area contributed by atoms with Gasteiger partial charge in [0.2, 0.25) is 0 Å². The van der Waals surface area contributed by atoms with Gasteiger partial charge in [-0.25, -0.2) is 0 Å². The maximum Gasteiger partial charge on any atom is 0.0564 e. The van der Waals surface area contributed by atoms with Gasteiger partial charge in [-0.3, -0.25) is 4.90 Å². The SMILES string of the molecule is CCCC1CCN(C(CN)c2cc(Br)c(C)s2)C1. The van der Waals surface area contributed by atoms with E-state index in [4.69, 9.17) is 5.73 Å². The summed E-state index contributed by atoms with van der Waals surface area (Å²) < 4.78 is 1.23. The molecule has 0 radical (unpaired) electrons. The van der Waals surface area contributed by atoms with Crippen molar-refractivity contribution >= 4 is 27.3 Å². The Morgan fingerprint density at radius 3 is 2.94 bits per heavy atom. The van der Waals surface area contributed by atoms with Crippen molar-refractivity contribution in [2.24, 2.45) is 11.7 Å². The third kappa shape index (κ3) is 3.16. The van der Waals surface area contributed by atoms with Gasteiger partial charge in [0.15, 0.2) is 0 Å². The van der Waals surface area contributed by atoms with E-state index in [1.54, 1.807) is 0 Å². The van der Waals surface area contributed by atoms with Crippen LogP contribution in [-0.4, -0.2) is 24.5 Å². The van der Waals surface area contributed by atoms with E-state index in [9.17, 15) is 0 Å². The first-order valence-corrected chi connectivity index (χ1v) is 8.46. The smallest absolute Gasteiger partial charge is 0.0564 e. The van der Waals surface area contributed by atoms with Gasteiger partial charge in [0.1, 0.15) is 0 Å². The molecule has 0 spiro atoms. The zero-order valence-electron chi connectivity index (χ0n) is 11.3. The second-order valence-corrected chi connectivity index (χ2v) is 7.38. The van der Waals surface area contributed by atoms with Crippen LogP contribution in [0.2, 0.25) is 0 Å². The summed E-state index contributed by atoms with van der Waals surface area (Å²) in [6, 6.07) is 2.67. The fourth-order valence-corrected chi connectivity index (χ4v) is 4.59. The van der Waals surface area contributed by atoms with Crippen molar-refractivity contribution in [3.05, 3.63) is 20.3 Å². The van der Waals surface area contributed by atoms with Gasteiger partial charge in [-0.15, -0.1) is 11.3 Å². The van der Waals surface area contributed by atoms with Crippen LogP contribution in [0.3, 0.4) is 0 Å². The molecule has 1 fully saturated rings. The molecule has 1 saturated heterocycles. The summed E-state index contributed by atoms with van der Waals surface area (Å²) in [7, 11) is 0. The Balaban J connectivity index is 2.05. The van der Waals surface area contributed by atoms with Gasteiger partial charge in [0, 0.05) is 27.3 Å². The van der Waals surface area contributed by atoms with E-state index in [0.717, 1.165) is 12.5 Å². The van der Waals surface area contributed by atoms with Crippen molar-refractivity contribution in [3.8, 4) is 0 Å². The normalized spacial score (nSPS) is 22.6. The number of hydrogen-bond donors (Lipinski definition) is 1. The number of halogens is 1. The van der Waals surface area contributed by atoms with Gasteiger partial charge in [-0.2, -0.15) is 0 Å². The van der Waals surface area contributed by atoms with Gasteiger partial charge in [0.05, 0.1) is 6.04 Å².